The summed E-state index contributed by atoms with van der Waals surface area (Å²) in [5.74, 6) is -0.893. The number of carbonyl (C=O) groups excluding carboxylic acids is 1. The van der Waals surface area contributed by atoms with E-state index in [9.17, 15) is 30.3 Å². The van der Waals surface area contributed by atoms with Crippen LogP contribution in [0.2, 0.25) is 0 Å². The van der Waals surface area contributed by atoms with Gasteiger partial charge in [-0.1, -0.05) is 0 Å². The van der Waals surface area contributed by atoms with Crippen LogP contribution in [-0.2, 0) is 19.0 Å². The van der Waals surface area contributed by atoms with Gasteiger partial charge in [-0.15, -0.1) is 0 Å². The average molecular weight is 620 g/mol. The minimum absolute atomic E-state index is 0.0183. The minimum atomic E-state index is -1.52. The molecular weight excluding hydrogens is 566 g/mol. The van der Waals surface area contributed by atoms with Crippen molar-refractivity contribution in [2.75, 3.05) is 26.2 Å². The molecule has 0 radical (unpaired) electrons. The van der Waals surface area contributed by atoms with Gasteiger partial charge in [-0.25, -0.2) is 0 Å². The van der Waals surface area contributed by atoms with Crippen molar-refractivity contribution in [1.82, 2.24) is 10.6 Å². The summed E-state index contributed by atoms with van der Waals surface area (Å²) in [7, 11) is 0. The molecule has 0 spiro atoms. The monoisotopic (exact) mass is 619 g/mol. The van der Waals surface area contributed by atoms with Crippen LogP contribution in [0.5, 0.6) is 0 Å². The van der Waals surface area contributed by atoms with Crippen LogP contribution in [0.15, 0.2) is 0 Å². The van der Waals surface area contributed by atoms with Crippen LogP contribution in [0.3, 0.4) is 0 Å². The minimum Gasteiger partial charge on any atom is -0.394 e. The van der Waals surface area contributed by atoms with Gasteiger partial charge >= 0.3 is 0 Å². The Kier molecular flexibility index (Phi) is 12.5. The second-order valence-corrected chi connectivity index (χ2v) is 12.8. The molecule has 0 bridgehead atoms. The normalized spacial score (nSPS) is 46.1. The van der Waals surface area contributed by atoms with Gasteiger partial charge in [-0.05, 0) is 57.5 Å². The fourth-order valence-electron chi connectivity index (χ4n) is 6.86. The highest BCUT2D eigenvalue weighted by Crippen LogP contribution is 2.36. The number of amides is 1. The van der Waals surface area contributed by atoms with E-state index in [4.69, 9.17) is 42.9 Å². The number of hydrogen-bond donors (Lipinski definition) is 12. The highest BCUT2D eigenvalue weighted by molar-refractivity contribution is 5.80. The van der Waals surface area contributed by atoms with Crippen LogP contribution in [-0.4, -0.2) is 143 Å². The van der Waals surface area contributed by atoms with Crippen molar-refractivity contribution in [2.24, 2.45) is 40.5 Å². The van der Waals surface area contributed by atoms with Gasteiger partial charge in [-0.2, -0.15) is 0 Å². The maximum Gasteiger partial charge on any atom is 0.249 e. The van der Waals surface area contributed by atoms with E-state index in [1.54, 1.807) is 0 Å². The average Bonchev–Trinajstić information content (AvgIpc) is 2.95. The number of rotatable bonds is 12. The maximum atomic E-state index is 12.8. The molecular formula is C27H53N7O9. The third kappa shape index (κ3) is 8.20. The Labute approximate surface area is 251 Å². The summed E-state index contributed by atoms with van der Waals surface area (Å²) in [5, 5.41) is 58.8. The molecule has 0 aromatic heterocycles. The molecule has 4 rings (SSSR count). The summed E-state index contributed by atoms with van der Waals surface area (Å²) >= 11 is 0. The molecule has 2 aliphatic carbocycles. The summed E-state index contributed by atoms with van der Waals surface area (Å²) in [4.78, 5) is 12.8. The summed E-state index contributed by atoms with van der Waals surface area (Å²) in [6.07, 6.45) is -6.74. The molecule has 1 amide bonds. The van der Waals surface area contributed by atoms with Crippen LogP contribution in [0.25, 0.3) is 0 Å². The van der Waals surface area contributed by atoms with Crippen molar-refractivity contribution < 1.29 is 44.5 Å². The van der Waals surface area contributed by atoms with Crippen molar-refractivity contribution in [2.45, 2.75) is 124 Å². The lowest BCUT2D eigenvalue weighted by Crippen LogP contribution is -2.69. The van der Waals surface area contributed by atoms with E-state index in [1.165, 1.54) is 0 Å². The molecule has 2 aliphatic heterocycles. The van der Waals surface area contributed by atoms with Crippen LogP contribution in [0.4, 0.5) is 0 Å². The first-order valence-corrected chi connectivity index (χ1v) is 15.5. The Bertz CT molecular complexity index is 888. The number of carbonyl (C=O) groups is 1. The van der Waals surface area contributed by atoms with Crippen LogP contribution in [0.1, 0.15) is 38.5 Å². The molecule has 17 N–H and O–H groups in total. The zero-order valence-corrected chi connectivity index (χ0v) is 24.6. The smallest absolute Gasteiger partial charge is 0.249 e. The predicted molar refractivity (Wildman–Crippen MR) is 154 cm³/mol. The van der Waals surface area contributed by atoms with E-state index >= 15 is 0 Å². The molecule has 2 heterocycles. The van der Waals surface area contributed by atoms with Gasteiger partial charge < -0.3 is 79.0 Å². The zero-order valence-electron chi connectivity index (χ0n) is 24.6. The van der Waals surface area contributed by atoms with Crippen LogP contribution >= 0.6 is 0 Å². The van der Waals surface area contributed by atoms with Gasteiger partial charge in [0.25, 0.3) is 0 Å². The van der Waals surface area contributed by atoms with E-state index in [2.05, 4.69) is 10.6 Å². The van der Waals surface area contributed by atoms with E-state index in [0.29, 0.717) is 18.9 Å². The molecule has 16 nitrogen and oxygen atoms in total. The Morgan fingerprint density at radius 1 is 0.953 bits per heavy atom. The van der Waals surface area contributed by atoms with Crippen LogP contribution in [0, 0.1) is 11.8 Å². The lowest BCUT2D eigenvalue weighted by molar-refractivity contribution is -0.306. The number of nitrogens with two attached hydrogens (primary N) is 5. The van der Waals surface area contributed by atoms with Crippen LogP contribution < -0.4 is 39.3 Å². The van der Waals surface area contributed by atoms with E-state index in [1.807, 2.05) is 0 Å². The highest BCUT2D eigenvalue weighted by atomic mass is 16.7. The number of aliphatic hydroxyl groups excluding tert-OH is 5. The predicted octanol–water partition coefficient (Wildman–Crippen LogP) is -5.76. The standard InChI is InChI=1S/C27H53N7O9/c28-4-3-17(36)26(40)34-16-7-15(31)19(22(38)25(16)43-27-23(39)20(32)21(37)18(10-35)42-27)24-14(30)2-1-13(41-24)9-33-8-11-5-12(29)6-11/h11-25,27,33,35-39H,1-10,28-32H2,(H,34,40). The van der Waals surface area contributed by atoms with Gasteiger partial charge in [0.2, 0.25) is 5.91 Å². The molecule has 0 aromatic carbocycles. The number of aliphatic hydroxyl groups is 5. The Balaban J connectivity index is 1.50. The summed E-state index contributed by atoms with van der Waals surface area (Å²) in [5.41, 5.74) is 30.5. The SMILES string of the molecule is NCCC(O)C(=O)NC1CC(N)C(C2OC(CNCC3CC(N)C3)CCC2N)C(O)C1OC1OC(CO)C(O)C(N)C1O. The highest BCUT2D eigenvalue weighted by Gasteiger charge is 2.53. The quantitative estimate of drug-likeness (QED) is 0.0968. The molecule has 4 fully saturated rings. The summed E-state index contributed by atoms with van der Waals surface area (Å²) in [6, 6.07) is -2.97. The number of nitrogens with one attached hydrogen (secondary N) is 2. The Morgan fingerprint density at radius 3 is 2.33 bits per heavy atom. The topological polar surface area (TPSA) is 300 Å². The van der Waals surface area contributed by atoms with E-state index in [-0.39, 0.29) is 31.5 Å². The molecule has 43 heavy (non-hydrogen) atoms. The van der Waals surface area contributed by atoms with E-state index in [0.717, 1.165) is 25.8 Å². The van der Waals surface area contributed by atoms with Gasteiger partial charge in [0.05, 0.1) is 37.0 Å². The summed E-state index contributed by atoms with van der Waals surface area (Å²) < 4.78 is 18.1. The first-order valence-electron chi connectivity index (χ1n) is 15.5. The number of hydrogen-bond acceptors (Lipinski definition) is 15. The fourth-order valence-corrected chi connectivity index (χ4v) is 6.86. The van der Waals surface area contributed by atoms with E-state index < -0.39 is 91.6 Å². The van der Waals surface area contributed by atoms with Gasteiger partial charge in [0.1, 0.15) is 30.5 Å². The van der Waals surface area contributed by atoms with Crippen molar-refractivity contribution in [3.05, 3.63) is 0 Å². The molecule has 14 atom stereocenters. The summed E-state index contributed by atoms with van der Waals surface area (Å²) in [6.45, 7) is 0.935. The third-order valence-electron chi connectivity index (χ3n) is 9.50. The molecule has 0 aromatic rings. The molecule has 250 valence electrons. The zero-order chi connectivity index (χ0) is 31.4. The lowest BCUT2D eigenvalue weighted by atomic mass is 9.72. The third-order valence-corrected chi connectivity index (χ3v) is 9.50. The second-order valence-electron chi connectivity index (χ2n) is 12.8. The Morgan fingerprint density at radius 2 is 1.67 bits per heavy atom. The van der Waals surface area contributed by atoms with Gasteiger partial charge in [0, 0.05) is 30.6 Å². The second kappa shape index (κ2) is 15.5. The molecule has 4 aliphatic rings. The van der Waals surface area contributed by atoms with Gasteiger partial charge in [-0.3, -0.25) is 4.79 Å². The Hall–Kier alpha value is -1.09. The van der Waals surface area contributed by atoms with Crippen molar-refractivity contribution in [3.63, 3.8) is 0 Å². The van der Waals surface area contributed by atoms with Gasteiger partial charge in [0.15, 0.2) is 6.29 Å². The number of ether oxygens (including phenoxy) is 3. The first-order chi connectivity index (χ1) is 20.4. The molecule has 2 saturated heterocycles. The molecule has 16 heteroatoms. The van der Waals surface area contributed by atoms with Crippen molar-refractivity contribution >= 4 is 5.91 Å². The fraction of sp³-hybridized carbons (Fsp3) is 0.963. The largest absolute Gasteiger partial charge is 0.394 e. The molecule has 14 unspecified atom stereocenters. The first kappa shape index (κ1) is 34.8. The maximum absolute atomic E-state index is 12.8. The molecule has 2 saturated carbocycles. The lowest BCUT2D eigenvalue weighted by Gasteiger charge is -2.51. The van der Waals surface area contributed by atoms with Crippen molar-refractivity contribution in [1.29, 1.82) is 0 Å². The van der Waals surface area contributed by atoms with Crippen molar-refractivity contribution in [3.8, 4) is 0 Å².